The van der Waals surface area contributed by atoms with E-state index in [1.54, 1.807) is 36.7 Å². The molecule has 2 aromatic carbocycles. The lowest BCUT2D eigenvalue weighted by atomic mass is 10.2. The van der Waals surface area contributed by atoms with E-state index in [0.717, 1.165) is 17.7 Å². The number of fused-ring (bicyclic) bond motifs is 1. The fourth-order valence-corrected chi connectivity index (χ4v) is 3.96. The van der Waals surface area contributed by atoms with Crippen LogP contribution in [-0.2, 0) is 13.0 Å². The molecule has 0 aliphatic heterocycles. The summed E-state index contributed by atoms with van der Waals surface area (Å²) in [5.74, 6) is -0.612. The lowest BCUT2D eigenvalue weighted by molar-refractivity contribution is 0.414. The molecule has 10 heteroatoms. The van der Waals surface area contributed by atoms with E-state index in [-0.39, 0.29) is 12.1 Å². The molecule has 3 aromatic heterocycles. The molecule has 0 saturated heterocycles. The van der Waals surface area contributed by atoms with Crippen molar-refractivity contribution < 1.29 is 13.5 Å². The first kappa shape index (κ1) is 23.2. The van der Waals surface area contributed by atoms with Crippen molar-refractivity contribution in [3.8, 4) is 11.4 Å². The van der Waals surface area contributed by atoms with Crippen molar-refractivity contribution in [3.05, 3.63) is 106 Å². The van der Waals surface area contributed by atoms with Crippen molar-refractivity contribution in [3.63, 3.8) is 0 Å². The highest BCUT2D eigenvalue weighted by Gasteiger charge is 2.20. The highest BCUT2D eigenvalue weighted by Crippen LogP contribution is 2.22. The third kappa shape index (κ3) is 4.52. The Morgan fingerprint density at radius 1 is 1.03 bits per heavy atom. The number of benzene rings is 2. The Kier molecular flexibility index (Phi) is 6.40. The summed E-state index contributed by atoms with van der Waals surface area (Å²) in [6, 6.07) is 14.4. The van der Waals surface area contributed by atoms with Gasteiger partial charge in [-0.3, -0.25) is 9.55 Å². The van der Waals surface area contributed by atoms with Gasteiger partial charge in [-0.1, -0.05) is 18.2 Å². The number of aromatic nitrogens is 5. The molecule has 0 fully saturated rings. The van der Waals surface area contributed by atoms with Gasteiger partial charge in [-0.25, -0.2) is 23.1 Å². The van der Waals surface area contributed by atoms with E-state index in [9.17, 15) is 13.6 Å². The summed E-state index contributed by atoms with van der Waals surface area (Å²) in [5, 5.41) is 3.16. The third-order valence-electron chi connectivity index (χ3n) is 5.78. The van der Waals surface area contributed by atoms with Gasteiger partial charge >= 0.3 is 5.69 Å². The molecule has 0 aliphatic rings. The largest absolute Gasteiger partial charge is 0.497 e. The van der Waals surface area contributed by atoms with Crippen LogP contribution in [0.3, 0.4) is 0 Å². The zero-order valence-electron chi connectivity index (χ0n) is 19.4. The Balaban J connectivity index is 1.58. The number of ether oxygens (including phenoxy) is 1. The maximum Gasteiger partial charge on any atom is 0.335 e. The van der Waals surface area contributed by atoms with Gasteiger partial charge in [0.05, 0.1) is 25.5 Å². The lowest BCUT2D eigenvalue weighted by Crippen LogP contribution is -2.24. The zero-order chi connectivity index (χ0) is 25.1. The Bertz CT molecular complexity index is 1560. The third-order valence-corrected chi connectivity index (χ3v) is 5.78. The number of nitrogens with zero attached hydrogens (tertiary/aromatic N) is 5. The normalized spacial score (nSPS) is 11.1. The molecule has 36 heavy (non-hydrogen) atoms. The van der Waals surface area contributed by atoms with Crippen molar-refractivity contribution >= 4 is 17.1 Å². The van der Waals surface area contributed by atoms with Crippen LogP contribution in [0.2, 0.25) is 0 Å². The molecule has 182 valence electrons. The molecule has 1 N–H and O–H groups in total. The summed E-state index contributed by atoms with van der Waals surface area (Å²) >= 11 is 0. The zero-order valence-corrected chi connectivity index (χ0v) is 19.4. The quantitative estimate of drug-likeness (QED) is 0.356. The van der Waals surface area contributed by atoms with E-state index in [1.807, 2.05) is 12.1 Å². The minimum absolute atomic E-state index is 0.219. The highest BCUT2D eigenvalue weighted by atomic mass is 19.1. The summed E-state index contributed by atoms with van der Waals surface area (Å²) in [6.45, 7) is 0.226. The van der Waals surface area contributed by atoms with Gasteiger partial charge in [-0.15, -0.1) is 0 Å². The Morgan fingerprint density at radius 2 is 1.83 bits per heavy atom. The molecule has 0 aliphatic carbocycles. The van der Waals surface area contributed by atoms with Crippen molar-refractivity contribution in [2.45, 2.75) is 13.0 Å². The molecule has 0 amide bonds. The van der Waals surface area contributed by atoms with Crippen LogP contribution in [-0.4, -0.2) is 37.7 Å². The fraction of sp³-hybridized carbons (Fsp3) is 0.154. The molecule has 5 aromatic rings. The van der Waals surface area contributed by atoms with Gasteiger partial charge < -0.3 is 10.1 Å². The van der Waals surface area contributed by atoms with E-state index in [2.05, 4.69) is 20.3 Å². The molecule has 5 rings (SSSR count). The number of imidazole rings is 1. The van der Waals surface area contributed by atoms with E-state index < -0.39 is 17.3 Å². The van der Waals surface area contributed by atoms with Gasteiger partial charge in [-0.05, 0) is 42.3 Å². The number of halogens is 2. The van der Waals surface area contributed by atoms with Crippen molar-refractivity contribution in [2.75, 3.05) is 19.0 Å². The number of rotatable bonds is 8. The standard InChI is InChI=1S/C26H22F2N6O2/c1-36-19-7-2-6-18(13-19)34-24-23(33(26(34)35)16-20-21(27)8-3-9-22(20)28)15-31-25(32-24)30-12-10-17-5-4-11-29-14-17/h2-9,11,13-15H,10,12,16H2,1H3,(H,30,31,32). The second-order valence-electron chi connectivity index (χ2n) is 8.05. The molecule has 0 radical (unpaired) electrons. The van der Waals surface area contributed by atoms with Crippen LogP contribution in [0.4, 0.5) is 14.7 Å². The Labute approximate surface area is 204 Å². The summed E-state index contributed by atoms with van der Waals surface area (Å²) in [6.07, 6.45) is 5.68. The van der Waals surface area contributed by atoms with Crippen LogP contribution >= 0.6 is 0 Å². The number of methoxy groups -OCH3 is 1. The smallest absolute Gasteiger partial charge is 0.335 e. The topological polar surface area (TPSA) is 86.9 Å². The van der Waals surface area contributed by atoms with Crippen LogP contribution in [0.5, 0.6) is 5.75 Å². The predicted octanol–water partition coefficient (Wildman–Crippen LogP) is 3.97. The average molecular weight is 488 g/mol. The summed E-state index contributed by atoms with van der Waals surface area (Å²) in [5.41, 5.74) is 1.45. The average Bonchev–Trinajstić information content (AvgIpc) is 3.17. The summed E-state index contributed by atoms with van der Waals surface area (Å²) in [4.78, 5) is 26.6. The first-order valence-corrected chi connectivity index (χ1v) is 11.2. The predicted molar refractivity (Wildman–Crippen MR) is 132 cm³/mol. The lowest BCUT2D eigenvalue weighted by Gasteiger charge is -2.07. The molecule has 0 saturated carbocycles. The second-order valence-corrected chi connectivity index (χ2v) is 8.05. The first-order valence-electron chi connectivity index (χ1n) is 11.2. The maximum atomic E-state index is 14.4. The van der Waals surface area contributed by atoms with Crippen molar-refractivity contribution in [1.82, 2.24) is 24.1 Å². The molecule has 8 nitrogen and oxygen atoms in total. The van der Waals surface area contributed by atoms with Crippen LogP contribution in [0.1, 0.15) is 11.1 Å². The highest BCUT2D eigenvalue weighted by molar-refractivity contribution is 5.74. The van der Waals surface area contributed by atoms with Gasteiger partial charge in [0, 0.05) is 30.6 Å². The summed E-state index contributed by atoms with van der Waals surface area (Å²) in [7, 11) is 1.53. The second kappa shape index (κ2) is 9.95. The monoisotopic (exact) mass is 488 g/mol. The van der Waals surface area contributed by atoms with E-state index in [1.165, 1.54) is 28.5 Å². The molecule has 3 heterocycles. The number of nitrogens with one attached hydrogen (secondary N) is 1. The van der Waals surface area contributed by atoms with Crippen LogP contribution in [0, 0.1) is 11.6 Å². The molecular formula is C26H22F2N6O2. The van der Waals surface area contributed by atoms with Gasteiger partial charge in [0.15, 0.2) is 5.65 Å². The van der Waals surface area contributed by atoms with Gasteiger partial charge in [-0.2, -0.15) is 4.98 Å². The van der Waals surface area contributed by atoms with Crippen molar-refractivity contribution in [2.24, 2.45) is 0 Å². The molecule has 0 atom stereocenters. The summed E-state index contributed by atoms with van der Waals surface area (Å²) < 4.78 is 36.8. The molecule has 0 spiro atoms. The number of pyridine rings is 1. The SMILES string of the molecule is COc1cccc(-n2c(=O)n(Cc3c(F)cccc3F)c3cnc(NCCc4cccnc4)nc32)c1. The molecular weight excluding hydrogens is 466 g/mol. The van der Waals surface area contributed by atoms with Crippen LogP contribution in [0.25, 0.3) is 16.9 Å². The number of hydrogen-bond acceptors (Lipinski definition) is 6. The van der Waals surface area contributed by atoms with Gasteiger partial charge in [0.25, 0.3) is 0 Å². The van der Waals surface area contributed by atoms with Gasteiger partial charge in [0.2, 0.25) is 5.95 Å². The van der Waals surface area contributed by atoms with Gasteiger partial charge in [0.1, 0.15) is 22.9 Å². The minimum Gasteiger partial charge on any atom is -0.497 e. The minimum atomic E-state index is -0.737. The first-order chi connectivity index (χ1) is 17.5. The fourth-order valence-electron chi connectivity index (χ4n) is 3.96. The molecule has 0 unspecified atom stereocenters. The molecule has 0 bridgehead atoms. The number of hydrogen-bond donors (Lipinski definition) is 1. The Hall–Kier alpha value is -4.60. The van der Waals surface area contributed by atoms with Crippen molar-refractivity contribution in [1.29, 1.82) is 0 Å². The van der Waals surface area contributed by atoms with Crippen LogP contribution in [0.15, 0.2) is 78.0 Å². The van der Waals surface area contributed by atoms with Crippen LogP contribution < -0.4 is 15.7 Å². The Morgan fingerprint density at radius 3 is 2.58 bits per heavy atom. The number of anilines is 1. The maximum absolute atomic E-state index is 14.4. The van der Waals surface area contributed by atoms with E-state index >= 15 is 0 Å². The van der Waals surface area contributed by atoms with E-state index in [4.69, 9.17) is 4.74 Å². The van der Waals surface area contributed by atoms with E-state index in [0.29, 0.717) is 41.5 Å².